The molecule has 1 aliphatic rings. The van der Waals surface area contributed by atoms with Crippen LogP contribution in [0.2, 0.25) is 0 Å². The van der Waals surface area contributed by atoms with Crippen molar-refractivity contribution in [3.8, 4) is 0 Å². The number of nitrogens with one attached hydrogen (secondary N) is 1. The predicted molar refractivity (Wildman–Crippen MR) is 85.3 cm³/mol. The number of hydrogen-bond donors (Lipinski definition) is 1. The summed E-state index contributed by atoms with van der Waals surface area (Å²) in [4.78, 5) is 14.3. The first-order valence-corrected chi connectivity index (χ1v) is 7.12. The molecule has 0 radical (unpaired) electrons. The average molecular weight is 297 g/mol. The van der Waals surface area contributed by atoms with Crippen molar-refractivity contribution in [1.82, 2.24) is 10.2 Å². The molecule has 0 atom stereocenters. The summed E-state index contributed by atoms with van der Waals surface area (Å²) in [6.45, 7) is 5.77. The lowest BCUT2D eigenvalue weighted by Crippen LogP contribution is -2.34. The number of rotatable bonds is 6. The maximum Gasteiger partial charge on any atom is 0.224 e. The Kier molecular flexibility index (Phi) is 6.50. The second kappa shape index (κ2) is 7.65. The summed E-state index contributed by atoms with van der Waals surface area (Å²) in [7, 11) is 1.89. The number of halogens is 1. The molecule has 1 aliphatic carbocycles. The van der Waals surface area contributed by atoms with Gasteiger partial charge in [0.25, 0.3) is 0 Å². The molecular formula is C16H25ClN2O. The molecule has 0 saturated heterocycles. The lowest BCUT2D eigenvalue weighted by Gasteiger charge is -2.23. The topological polar surface area (TPSA) is 32.3 Å². The number of benzene rings is 1. The van der Waals surface area contributed by atoms with E-state index in [0.717, 1.165) is 25.9 Å². The number of aryl methyl sites for hydroxylation is 2. The summed E-state index contributed by atoms with van der Waals surface area (Å²) >= 11 is 0. The largest absolute Gasteiger partial charge is 0.335 e. The fourth-order valence-corrected chi connectivity index (χ4v) is 2.28. The van der Waals surface area contributed by atoms with Gasteiger partial charge in [0.15, 0.2) is 0 Å². The highest BCUT2D eigenvalue weighted by Gasteiger charge is 2.32. The molecule has 1 N–H and O–H groups in total. The third-order valence-corrected chi connectivity index (χ3v) is 3.82. The van der Waals surface area contributed by atoms with Gasteiger partial charge in [0.05, 0.1) is 0 Å². The molecule has 0 aromatic heterocycles. The zero-order chi connectivity index (χ0) is 13.8. The van der Waals surface area contributed by atoms with Crippen LogP contribution in [-0.4, -0.2) is 30.4 Å². The highest BCUT2D eigenvalue weighted by Crippen LogP contribution is 2.29. The van der Waals surface area contributed by atoms with Crippen LogP contribution < -0.4 is 5.32 Å². The van der Waals surface area contributed by atoms with Gasteiger partial charge in [0.1, 0.15) is 0 Å². The van der Waals surface area contributed by atoms with Crippen molar-refractivity contribution in [3.05, 3.63) is 34.9 Å². The van der Waals surface area contributed by atoms with Crippen LogP contribution in [0.1, 0.15) is 36.0 Å². The van der Waals surface area contributed by atoms with Crippen molar-refractivity contribution in [3.63, 3.8) is 0 Å². The fraction of sp³-hybridized carbons (Fsp3) is 0.562. The van der Waals surface area contributed by atoms with E-state index < -0.39 is 0 Å². The molecule has 0 unspecified atom stereocenters. The lowest BCUT2D eigenvalue weighted by molar-refractivity contribution is -0.132. The monoisotopic (exact) mass is 296 g/mol. The van der Waals surface area contributed by atoms with Crippen LogP contribution in [0, 0.1) is 13.8 Å². The molecule has 4 heteroatoms. The standard InChI is InChI=1S/C16H24N2O.ClH/c1-12-4-5-14(10-13(12)2)11-18(15-6-7-15)16(19)8-9-17-3;/h4-5,10,15,17H,6-9,11H2,1-3H3;1H. The SMILES string of the molecule is CNCCC(=O)N(Cc1ccc(C)c(C)c1)C1CC1.Cl. The van der Waals surface area contributed by atoms with E-state index in [9.17, 15) is 4.79 Å². The van der Waals surface area contributed by atoms with Crippen molar-refractivity contribution in [2.24, 2.45) is 0 Å². The van der Waals surface area contributed by atoms with Crippen LogP contribution in [0.25, 0.3) is 0 Å². The second-order valence-corrected chi connectivity index (χ2v) is 5.52. The molecule has 2 rings (SSSR count). The van der Waals surface area contributed by atoms with Crippen molar-refractivity contribution >= 4 is 18.3 Å². The van der Waals surface area contributed by atoms with Crippen LogP contribution in [0.15, 0.2) is 18.2 Å². The number of nitrogens with zero attached hydrogens (tertiary/aromatic N) is 1. The maximum absolute atomic E-state index is 12.2. The van der Waals surface area contributed by atoms with Crippen molar-refractivity contribution < 1.29 is 4.79 Å². The summed E-state index contributed by atoms with van der Waals surface area (Å²) < 4.78 is 0. The Balaban J connectivity index is 0.00000200. The molecule has 0 spiro atoms. The smallest absolute Gasteiger partial charge is 0.224 e. The van der Waals surface area contributed by atoms with Gasteiger partial charge < -0.3 is 10.2 Å². The van der Waals surface area contributed by atoms with E-state index in [2.05, 4.69) is 42.3 Å². The van der Waals surface area contributed by atoms with Gasteiger partial charge in [-0.25, -0.2) is 0 Å². The van der Waals surface area contributed by atoms with Crippen LogP contribution in [0.5, 0.6) is 0 Å². The number of amides is 1. The summed E-state index contributed by atoms with van der Waals surface area (Å²) in [5.74, 6) is 0.273. The van der Waals surface area contributed by atoms with E-state index in [4.69, 9.17) is 0 Å². The number of carbonyl (C=O) groups is 1. The molecule has 112 valence electrons. The lowest BCUT2D eigenvalue weighted by atomic mass is 10.1. The predicted octanol–water partition coefficient (Wildman–Crippen LogP) is 2.83. The van der Waals surface area contributed by atoms with Gasteiger partial charge in [-0.1, -0.05) is 18.2 Å². The van der Waals surface area contributed by atoms with Crippen molar-refractivity contribution in [1.29, 1.82) is 0 Å². The Morgan fingerprint density at radius 1 is 1.30 bits per heavy atom. The van der Waals surface area contributed by atoms with Gasteiger partial charge in [-0.3, -0.25) is 4.79 Å². The molecule has 3 nitrogen and oxygen atoms in total. The van der Waals surface area contributed by atoms with Crippen LogP contribution >= 0.6 is 12.4 Å². The minimum atomic E-state index is 0. The first-order chi connectivity index (χ1) is 9.11. The van der Waals surface area contributed by atoms with E-state index in [1.54, 1.807) is 0 Å². The van der Waals surface area contributed by atoms with E-state index >= 15 is 0 Å². The molecule has 1 aromatic rings. The van der Waals surface area contributed by atoms with Crippen molar-refractivity contribution in [2.45, 2.75) is 45.7 Å². The Hall–Kier alpha value is -1.06. The molecule has 1 aromatic carbocycles. The molecule has 20 heavy (non-hydrogen) atoms. The Morgan fingerprint density at radius 3 is 2.55 bits per heavy atom. The highest BCUT2D eigenvalue weighted by atomic mass is 35.5. The van der Waals surface area contributed by atoms with E-state index in [1.165, 1.54) is 16.7 Å². The van der Waals surface area contributed by atoms with Gasteiger partial charge in [-0.2, -0.15) is 0 Å². The summed E-state index contributed by atoms with van der Waals surface area (Å²) in [5, 5.41) is 3.05. The molecule has 0 aliphatic heterocycles. The Labute approximate surface area is 128 Å². The number of carbonyl (C=O) groups excluding carboxylic acids is 1. The van der Waals surface area contributed by atoms with E-state index in [1.807, 2.05) is 7.05 Å². The maximum atomic E-state index is 12.2. The van der Waals surface area contributed by atoms with Gasteiger partial charge >= 0.3 is 0 Å². The third-order valence-electron chi connectivity index (χ3n) is 3.82. The number of hydrogen-bond acceptors (Lipinski definition) is 2. The Morgan fingerprint density at radius 2 is 2.00 bits per heavy atom. The quantitative estimate of drug-likeness (QED) is 0.875. The van der Waals surface area contributed by atoms with E-state index in [-0.39, 0.29) is 18.3 Å². The minimum absolute atomic E-state index is 0. The van der Waals surface area contributed by atoms with Gasteiger partial charge in [-0.05, 0) is 50.4 Å². The molecule has 0 bridgehead atoms. The van der Waals surface area contributed by atoms with Crippen LogP contribution in [0.3, 0.4) is 0 Å². The summed E-state index contributed by atoms with van der Waals surface area (Å²) in [5.41, 5.74) is 3.85. The molecular weight excluding hydrogens is 272 g/mol. The zero-order valence-electron chi connectivity index (χ0n) is 12.6. The van der Waals surface area contributed by atoms with Crippen LogP contribution in [0.4, 0.5) is 0 Å². The van der Waals surface area contributed by atoms with Crippen LogP contribution in [-0.2, 0) is 11.3 Å². The summed E-state index contributed by atoms with van der Waals surface area (Å²) in [6, 6.07) is 6.97. The first kappa shape index (κ1) is 17.0. The van der Waals surface area contributed by atoms with E-state index in [0.29, 0.717) is 12.5 Å². The second-order valence-electron chi connectivity index (χ2n) is 5.52. The Bertz CT molecular complexity index is 458. The molecule has 1 amide bonds. The fourth-order valence-electron chi connectivity index (χ4n) is 2.28. The summed E-state index contributed by atoms with van der Waals surface area (Å²) in [6.07, 6.45) is 2.92. The average Bonchev–Trinajstić information content (AvgIpc) is 3.21. The highest BCUT2D eigenvalue weighted by molar-refractivity contribution is 5.85. The zero-order valence-corrected chi connectivity index (χ0v) is 13.4. The first-order valence-electron chi connectivity index (χ1n) is 7.12. The van der Waals surface area contributed by atoms with Crippen molar-refractivity contribution in [2.75, 3.05) is 13.6 Å². The normalized spacial score (nSPS) is 13.8. The minimum Gasteiger partial charge on any atom is -0.335 e. The molecule has 0 heterocycles. The molecule has 1 fully saturated rings. The molecule has 1 saturated carbocycles. The van der Waals surface area contributed by atoms with Gasteiger partial charge in [0.2, 0.25) is 5.91 Å². The van der Waals surface area contributed by atoms with Gasteiger partial charge in [-0.15, -0.1) is 12.4 Å². The third kappa shape index (κ3) is 4.50. The van der Waals surface area contributed by atoms with Gasteiger partial charge in [0, 0.05) is 25.6 Å².